The van der Waals surface area contributed by atoms with Crippen LogP contribution in [0.2, 0.25) is 0 Å². The molecular formula is C17H19BrN2O2S. The molecule has 122 valence electrons. The van der Waals surface area contributed by atoms with E-state index in [1.165, 1.54) is 11.3 Å². The molecule has 1 aromatic heterocycles. The first-order valence-corrected chi connectivity index (χ1v) is 9.10. The van der Waals surface area contributed by atoms with Gasteiger partial charge in [0.15, 0.2) is 0 Å². The fourth-order valence-corrected chi connectivity index (χ4v) is 3.00. The maximum atomic E-state index is 11.9. The van der Waals surface area contributed by atoms with Gasteiger partial charge in [-0.2, -0.15) is 0 Å². The first-order chi connectivity index (χ1) is 11.1. The molecule has 2 amide bonds. The van der Waals surface area contributed by atoms with Crippen LogP contribution in [-0.4, -0.2) is 18.4 Å². The molecule has 0 fully saturated rings. The molecule has 2 rings (SSSR count). The highest BCUT2D eigenvalue weighted by Gasteiger charge is 2.10. The molecule has 0 aliphatic carbocycles. The van der Waals surface area contributed by atoms with Crippen molar-refractivity contribution in [3.8, 4) is 0 Å². The molecule has 2 N–H and O–H groups in total. The Labute approximate surface area is 148 Å². The highest BCUT2D eigenvalue weighted by atomic mass is 79.9. The molecule has 0 aliphatic heterocycles. The predicted molar refractivity (Wildman–Crippen MR) is 96.6 cm³/mol. The van der Waals surface area contributed by atoms with Crippen LogP contribution < -0.4 is 10.6 Å². The number of carbonyl (C=O) groups excluding carboxylic acids is 2. The summed E-state index contributed by atoms with van der Waals surface area (Å²) in [7, 11) is 0. The van der Waals surface area contributed by atoms with Crippen molar-refractivity contribution in [2.24, 2.45) is 0 Å². The number of benzene rings is 1. The fraction of sp³-hybridized carbons (Fsp3) is 0.294. The third kappa shape index (κ3) is 5.80. The van der Waals surface area contributed by atoms with Crippen LogP contribution in [0.4, 0.5) is 0 Å². The van der Waals surface area contributed by atoms with Crippen molar-refractivity contribution < 1.29 is 9.59 Å². The number of thiophene rings is 1. The number of carbonyl (C=O) groups is 2. The largest absolute Gasteiger partial charge is 0.351 e. The van der Waals surface area contributed by atoms with Gasteiger partial charge in [0, 0.05) is 17.4 Å². The maximum Gasteiger partial charge on any atom is 0.261 e. The van der Waals surface area contributed by atoms with Crippen LogP contribution in [0, 0.1) is 0 Å². The van der Waals surface area contributed by atoms with E-state index in [9.17, 15) is 9.59 Å². The summed E-state index contributed by atoms with van der Waals surface area (Å²) in [5.41, 5.74) is 1.06. The highest BCUT2D eigenvalue weighted by Crippen LogP contribution is 2.16. The van der Waals surface area contributed by atoms with E-state index in [2.05, 4.69) is 26.6 Å². The Morgan fingerprint density at radius 2 is 1.96 bits per heavy atom. The Balaban J connectivity index is 1.67. The summed E-state index contributed by atoms with van der Waals surface area (Å²) < 4.78 is 1.02. The van der Waals surface area contributed by atoms with Crippen molar-refractivity contribution in [1.82, 2.24) is 10.6 Å². The molecule has 1 aromatic carbocycles. The average Bonchev–Trinajstić information content (AvgIpc) is 3.06. The lowest BCUT2D eigenvalue weighted by Gasteiger charge is -2.14. The van der Waals surface area contributed by atoms with Crippen LogP contribution in [0.5, 0.6) is 0 Å². The van der Waals surface area contributed by atoms with Gasteiger partial charge in [0.2, 0.25) is 5.91 Å². The number of amides is 2. The Morgan fingerprint density at radius 3 is 2.61 bits per heavy atom. The summed E-state index contributed by atoms with van der Waals surface area (Å²) in [6.07, 6.45) is 1.02. The van der Waals surface area contributed by atoms with Gasteiger partial charge < -0.3 is 10.6 Å². The second-order valence-corrected chi connectivity index (χ2v) is 7.04. The van der Waals surface area contributed by atoms with Crippen molar-refractivity contribution in [3.05, 3.63) is 56.7 Å². The molecule has 1 heterocycles. The van der Waals surface area contributed by atoms with E-state index in [0.717, 1.165) is 10.0 Å². The molecule has 0 saturated heterocycles. The van der Waals surface area contributed by atoms with Crippen molar-refractivity contribution in [1.29, 1.82) is 0 Å². The summed E-state index contributed by atoms with van der Waals surface area (Å²) in [6.45, 7) is 2.45. The van der Waals surface area contributed by atoms with Crippen LogP contribution in [0.25, 0.3) is 0 Å². The molecule has 0 aliphatic rings. The molecule has 0 saturated carbocycles. The van der Waals surface area contributed by atoms with E-state index >= 15 is 0 Å². The second kappa shape index (κ2) is 8.84. The van der Waals surface area contributed by atoms with Gasteiger partial charge in [-0.3, -0.25) is 9.59 Å². The van der Waals surface area contributed by atoms with Gasteiger partial charge in [0.1, 0.15) is 0 Å². The lowest BCUT2D eigenvalue weighted by molar-refractivity contribution is -0.121. The number of nitrogens with one attached hydrogen (secondary N) is 2. The van der Waals surface area contributed by atoms with E-state index in [0.29, 0.717) is 24.3 Å². The van der Waals surface area contributed by atoms with Gasteiger partial charge in [0.25, 0.3) is 5.91 Å². The summed E-state index contributed by atoms with van der Waals surface area (Å²) in [6, 6.07) is 11.5. The molecule has 6 heteroatoms. The van der Waals surface area contributed by atoms with E-state index in [1.54, 1.807) is 6.07 Å². The smallest absolute Gasteiger partial charge is 0.261 e. The molecular weight excluding hydrogens is 376 g/mol. The summed E-state index contributed by atoms with van der Waals surface area (Å²) in [5.74, 6) is -0.0885. The average molecular weight is 395 g/mol. The Morgan fingerprint density at radius 1 is 1.22 bits per heavy atom. The Bertz CT molecular complexity index is 641. The zero-order valence-corrected chi connectivity index (χ0v) is 15.2. The van der Waals surface area contributed by atoms with Crippen molar-refractivity contribution in [3.63, 3.8) is 0 Å². The monoisotopic (exact) mass is 394 g/mol. The standard InChI is InChI=1S/C17H19BrN2O2S/c1-12(13-6-8-14(18)9-7-13)20-16(21)5-2-10-19-17(22)15-4-3-11-23-15/h3-4,6-9,11-12H,2,5,10H2,1H3,(H,19,22)(H,20,21). The normalized spacial score (nSPS) is 11.7. The zero-order chi connectivity index (χ0) is 16.7. The first kappa shape index (κ1) is 17.7. The lowest BCUT2D eigenvalue weighted by atomic mass is 10.1. The molecule has 0 spiro atoms. The third-order valence-corrected chi connectivity index (χ3v) is 4.76. The van der Waals surface area contributed by atoms with Gasteiger partial charge in [-0.15, -0.1) is 11.3 Å². The number of halogens is 1. The van der Waals surface area contributed by atoms with Crippen LogP contribution in [0.1, 0.15) is 41.0 Å². The topological polar surface area (TPSA) is 58.2 Å². The van der Waals surface area contributed by atoms with Crippen molar-refractivity contribution in [2.45, 2.75) is 25.8 Å². The van der Waals surface area contributed by atoms with Crippen molar-refractivity contribution >= 4 is 39.1 Å². The van der Waals surface area contributed by atoms with E-state index < -0.39 is 0 Å². The van der Waals surface area contributed by atoms with Gasteiger partial charge in [-0.05, 0) is 42.5 Å². The number of hydrogen-bond donors (Lipinski definition) is 2. The van der Waals surface area contributed by atoms with Crippen molar-refractivity contribution in [2.75, 3.05) is 6.54 Å². The number of hydrogen-bond acceptors (Lipinski definition) is 3. The molecule has 23 heavy (non-hydrogen) atoms. The summed E-state index contributed by atoms with van der Waals surface area (Å²) >= 11 is 4.80. The second-order valence-electron chi connectivity index (χ2n) is 5.18. The fourth-order valence-electron chi connectivity index (χ4n) is 2.09. The number of rotatable bonds is 7. The predicted octanol–water partition coefficient (Wildman–Crippen LogP) is 3.90. The van der Waals surface area contributed by atoms with Gasteiger partial charge in [0.05, 0.1) is 10.9 Å². The van der Waals surface area contributed by atoms with Crippen LogP contribution in [-0.2, 0) is 4.79 Å². The van der Waals surface area contributed by atoms with E-state index in [-0.39, 0.29) is 17.9 Å². The SMILES string of the molecule is CC(NC(=O)CCCNC(=O)c1cccs1)c1ccc(Br)cc1. The summed E-state index contributed by atoms with van der Waals surface area (Å²) in [4.78, 5) is 24.4. The Hall–Kier alpha value is -1.66. The van der Waals surface area contributed by atoms with E-state index in [4.69, 9.17) is 0 Å². The molecule has 1 unspecified atom stereocenters. The lowest BCUT2D eigenvalue weighted by Crippen LogP contribution is -2.28. The van der Waals surface area contributed by atoms with E-state index in [1.807, 2.05) is 42.6 Å². The minimum absolute atomic E-state index is 0.00853. The first-order valence-electron chi connectivity index (χ1n) is 7.43. The molecule has 4 nitrogen and oxygen atoms in total. The van der Waals surface area contributed by atoms with Crippen LogP contribution >= 0.6 is 27.3 Å². The van der Waals surface area contributed by atoms with Crippen LogP contribution in [0.15, 0.2) is 46.3 Å². The third-order valence-electron chi connectivity index (χ3n) is 3.36. The quantitative estimate of drug-likeness (QED) is 0.699. The minimum Gasteiger partial charge on any atom is -0.351 e. The van der Waals surface area contributed by atoms with Gasteiger partial charge in [-0.1, -0.05) is 34.1 Å². The molecule has 0 radical (unpaired) electrons. The molecule has 0 bridgehead atoms. The molecule has 1 atom stereocenters. The maximum absolute atomic E-state index is 11.9. The Kier molecular flexibility index (Phi) is 6.80. The zero-order valence-electron chi connectivity index (χ0n) is 12.8. The van der Waals surface area contributed by atoms with Gasteiger partial charge in [-0.25, -0.2) is 0 Å². The minimum atomic E-state index is -0.0800. The highest BCUT2D eigenvalue weighted by molar-refractivity contribution is 9.10. The van der Waals surface area contributed by atoms with Crippen LogP contribution in [0.3, 0.4) is 0 Å². The molecule has 2 aromatic rings. The summed E-state index contributed by atoms with van der Waals surface area (Å²) in [5, 5.41) is 7.65. The van der Waals surface area contributed by atoms with Gasteiger partial charge >= 0.3 is 0 Å².